The van der Waals surface area contributed by atoms with Gasteiger partial charge in [-0.15, -0.1) is 0 Å². The van der Waals surface area contributed by atoms with E-state index in [0.717, 1.165) is 53.8 Å². The Kier molecular flexibility index (Phi) is 7.27. The summed E-state index contributed by atoms with van der Waals surface area (Å²) in [5, 5.41) is 7.63. The maximum Gasteiger partial charge on any atom is 0.191 e. The highest BCUT2D eigenvalue weighted by atomic mass is 19.1. The van der Waals surface area contributed by atoms with Crippen molar-refractivity contribution < 1.29 is 13.9 Å². The number of rotatable bonds is 8. The fraction of sp³-hybridized carbons (Fsp3) is 0.400. The number of hydrogen-bond donors (Lipinski definition) is 3. The number of aromatic nitrogens is 1. The molecule has 6 nitrogen and oxygen atoms in total. The maximum absolute atomic E-state index is 13.6. The van der Waals surface area contributed by atoms with Gasteiger partial charge in [-0.25, -0.2) is 4.39 Å². The topological polar surface area (TPSA) is 70.7 Å². The number of guanidine groups is 1. The molecule has 0 amide bonds. The van der Waals surface area contributed by atoms with Crippen LogP contribution >= 0.6 is 0 Å². The number of nitrogens with one attached hydrogen (secondary N) is 3. The zero-order chi connectivity index (χ0) is 22.3. The van der Waals surface area contributed by atoms with Crippen LogP contribution in [0.5, 0.6) is 5.75 Å². The normalized spacial score (nSPS) is 16.5. The third-order valence-corrected chi connectivity index (χ3v) is 5.81. The SMILES string of the molecule is CN=C(NCCc1c[nH]c2ccc(F)cc12)NCc1ccc(C)cc1OCC1CCOC1. The van der Waals surface area contributed by atoms with Crippen LogP contribution in [0.3, 0.4) is 0 Å². The standard InChI is InChI=1S/C25H31FN4O2/c1-17-3-4-20(24(11-17)32-16-18-8-10-31-15-18)14-30-25(27-2)28-9-7-19-13-29-23-6-5-21(26)12-22(19)23/h3-6,11-13,18,29H,7-10,14-16H2,1-2H3,(H2,27,28,30). The molecule has 3 aromatic rings. The highest BCUT2D eigenvalue weighted by molar-refractivity contribution is 5.83. The molecule has 2 aromatic carbocycles. The van der Waals surface area contributed by atoms with Gasteiger partial charge in [0.15, 0.2) is 5.96 Å². The molecule has 1 aliphatic heterocycles. The molecule has 0 aliphatic carbocycles. The number of hydrogen-bond acceptors (Lipinski definition) is 3. The Balaban J connectivity index is 1.30. The van der Waals surface area contributed by atoms with Crippen LogP contribution in [0, 0.1) is 18.7 Å². The Labute approximate surface area is 188 Å². The summed E-state index contributed by atoms with van der Waals surface area (Å²) in [6.45, 7) is 5.63. The van der Waals surface area contributed by atoms with Crippen molar-refractivity contribution in [3.63, 3.8) is 0 Å². The number of benzene rings is 2. The second-order valence-corrected chi connectivity index (χ2v) is 8.26. The van der Waals surface area contributed by atoms with Crippen LogP contribution in [-0.4, -0.2) is 44.4 Å². The van der Waals surface area contributed by atoms with Crippen LogP contribution in [-0.2, 0) is 17.7 Å². The molecule has 7 heteroatoms. The summed E-state index contributed by atoms with van der Waals surface area (Å²) in [6, 6.07) is 11.1. The average molecular weight is 439 g/mol. The van der Waals surface area contributed by atoms with E-state index in [1.807, 2.05) is 6.20 Å². The lowest BCUT2D eigenvalue weighted by molar-refractivity contribution is 0.166. The maximum atomic E-state index is 13.6. The van der Waals surface area contributed by atoms with E-state index in [1.165, 1.54) is 11.6 Å². The molecule has 3 N–H and O–H groups in total. The van der Waals surface area contributed by atoms with Crippen molar-refractivity contribution >= 4 is 16.9 Å². The minimum absolute atomic E-state index is 0.222. The number of fused-ring (bicyclic) bond motifs is 1. The van der Waals surface area contributed by atoms with E-state index in [0.29, 0.717) is 31.6 Å². The quantitative estimate of drug-likeness (QED) is 0.368. The first kappa shape index (κ1) is 22.1. The summed E-state index contributed by atoms with van der Waals surface area (Å²) in [7, 11) is 1.75. The molecular weight excluding hydrogens is 407 g/mol. The number of halogens is 1. The lowest BCUT2D eigenvalue weighted by Gasteiger charge is -2.17. The van der Waals surface area contributed by atoms with E-state index in [1.54, 1.807) is 19.2 Å². The molecule has 0 radical (unpaired) electrons. The van der Waals surface area contributed by atoms with E-state index in [-0.39, 0.29) is 5.82 Å². The van der Waals surface area contributed by atoms with E-state index < -0.39 is 0 Å². The molecule has 4 rings (SSSR count). The molecule has 1 fully saturated rings. The molecule has 32 heavy (non-hydrogen) atoms. The predicted octanol–water partition coefficient (Wildman–Crippen LogP) is 3.94. The van der Waals surface area contributed by atoms with E-state index >= 15 is 0 Å². The van der Waals surface area contributed by atoms with Gasteiger partial charge in [0.1, 0.15) is 11.6 Å². The summed E-state index contributed by atoms with van der Waals surface area (Å²) in [6.07, 6.45) is 3.75. The van der Waals surface area contributed by atoms with Crippen molar-refractivity contribution in [3.05, 3.63) is 65.1 Å². The number of nitrogens with zero attached hydrogens (tertiary/aromatic N) is 1. The molecule has 170 valence electrons. The first-order valence-corrected chi connectivity index (χ1v) is 11.1. The van der Waals surface area contributed by atoms with Crippen LogP contribution in [0.4, 0.5) is 4.39 Å². The first-order valence-electron chi connectivity index (χ1n) is 11.1. The van der Waals surface area contributed by atoms with Gasteiger partial charge in [-0.3, -0.25) is 4.99 Å². The minimum atomic E-state index is -0.222. The van der Waals surface area contributed by atoms with Gasteiger partial charge in [0.05, 0.1) is 13.2 Å². The Morgan fingerprint density at radius 3 is 2.94 bits per heavy atom. The third-order valence-electron chi connectivity index (χ3n) is 5.81. The minimum Gasteiger partial charge on any atom is -0.493 e. The smallest absolute Gasteiger partial charge is 0.191 e. The predicted molar refractivity (Wildman–Crippen MR) is 126 cm³/mol. The lowest BCUT2D eigenvalue weighted by atomic mass is 10.1. The molecule has 0 saturated carbocycles. The third kappa shape index (κ3) is 5.59. The number of aromatic amines is 1. The number of ether oxygens (including phenoxy) is 2. The second-order valence-electron chi connectivity index (χ2n) is 8.26. The Hall–Kier alpha value is -3.06. The number of aliphatic imine (C=N–C) groups is 1. The molecule has 1 aromatic heterocycles. The van der Waals surface area contributed by atoms with Crippen molar-refractivity contribution in [2.75, 3.05) is 33.4 Å². The Morgan fingerprint density at radius 2 is 2.12 bits per heavy atom. The zero-order valence-electron chi connectivity index (χ0n) is 18.7. The molecule has 1 unspecified atom stereocenters. The first-order chi connectivity index (χ1) is 15.6. The summed E-state index contributed by atoms with van der Waals surface area (Å²) < 4.78 is 25.2. The van der Waals surface area contributed by atoms with Crippen molar-refractivity contribution in [1.29, 1.82) is 0 Å². The summed E-state index contributed by atoms with van der Waals surface area (Å²) in [5.41, 5.74) is 4.28. The largest absolute Gasteiger partial charge is 0.493 e. The highest BCUT2D eigenvalue weighted by Crippen LogP contribution is 2.23. The summed E-state index contributed by atoms with van der Waals surface area (Å²) >= 11 is 0. The van der Waals surface area contributed by atoms with Crippen molar-refractivity contribution in [1.82, 2.24) is 15.6 Å². The van der Waals surface area contributed by atoms with Crippen LogP contribution < -0.4 is 15.4 Å². The molecule has 2 heterocycles. The van der Waals surface area contributed by atoms with Crippen LogP contribution in [0.25, 0.3) is 10.9 Å². The van der Waals surface area contributed by atoms with Crippen molar-refractivity contribution in [2.45, 2.75) is 26.3 Å². The molecule has 0 bridgehead atoms. The van der Waals surface area contributed by atoms with E-state index in [2.05, 4.69) is 45.7 Å². The average Bonchev–Trinajstić information content (AvgIpc) is 3.45. The monoisotopic (exact) mass is 438 g/mol. The number of H-pyrrole nitrogens is 1. The molecule has 1 saturated heterocycles. The van der Waals surface area contributed by atoms with Crippen molar-refractivity contribution in [2.24, 2.45) is 10.9 Å². The molecule has 0 spiro atoms. The van der Waals surface area contributed by atoms with Gasteiger partial charge in [-0.05, 0) is 55.2 Å². The van der Waals surface area contributed by atoms with E-state index in [9.17, 15) is 4.39 Å². The van der Waals surface area contributed by atoms with Gasteiger partial charge in [0, 0.05) is 55.3 Å². The van der Waals surface area contributed by atoms with Gasteiger partial charge < -0.3 is 25.1 Å². The number of aryl methyl sites for hydroxylation is 1. The zero-order valence-corrected chi connectivity index (χ0v) is 18.7. The van der Waals surface area contributed by atoms with Gasteiger partial charge in [-0.2, -0.15) is 0 Å². The highest BCUT2D eigenvalue weighted by Gasteiger charge is 2.17. The summed E-state index contributed by atoms with van der Waals surface area (Å²) in [5.74, 6) is 1.86. The van der Waals surface area contributed by atoms with Gasteiger partial charge in [0.25, 0.3) is 0 Å². The molecular formula is C25H31FN4O2. The van der Waals surface area contributed by atoms with Crippen LogP contribution in [0.2, 0.25) is 0 Å². The van der Waals surface area contributed by atoms with Crippen molar-refractivity contribution in [3.8, 4) is 5.75 Å². The van der Waals surface area contributed by atoms with Gasteiger partial charge >= 0.3 is 0 Å². The molecule has 1 aliphatic rings. The van der Waals surface area contributed by atoms with Crippen LogP contribution in [0.15, 0.2) is 47.6 Å². The fourth-order valence-electron chi connectivity index (χ4n) is 3.94. The van der Waals surface area contributed by atoms with Crippen LogP contribution in [0.1, 0.15) is 23.1 Å². The van der Waals surface area contributed by atoms with E-state index in [4.69, 9.17) is 9.47 Å². The van der Waals surface area contributed by atoms with Gasteiger partial charge in [0.2, 0.25) is 0 Å². The Bertz CT molecular complexity index is 1070. The summed E-state index contributed by atoms with van der Waals surface area (Å²) in [4.78, 5) is 7.52. The fourth-order valence-corrected chi connectivity index (χ4v) is 3.94. The van der Waals surface area contributed by atoms with Gasteiger partial charge in [-0.1, -0.05) is 12.1 Å². The molecule has 1 atom stereocenters. The lowest BCUT2D eigenvalue weighted by Crippen LogP contribution is -2.38. The Morgan fingerprint density at radius 1 is 1.22 bits per heavy atom. The second kappa shape index (κ2) is 10.5.